The molecule has 0 aromatic heterocycles. The molecule has 1 aromatic carbocycles. The Kier molecular flexibility index (Phi) is 4.85. The molecule has 6 heteroatoms. The number of aliphatic carboxylic acids is 1. The summed E-state index contributed by atoms with van der Waals surface area (Å²) in [7, 11) is 0. The van der Waals surface area contributed by atoms with Gasteiger partial charge in [0.2, 0.25) is 0 Å². The van der Waals surface area contributed by atoms with E-state index in [1.54, 1.807) is 32.9 Å². The van der Waals surface area contributed by atoms with E-state index < -0.39 is 23.4 Å². The average Bonchev–Trinajstić information content (AvgIpc) is 2.34. The first-order valence-corrected chi connectivity index (χ1v) is 6.02. The van der Waals surface area contributed by atoms with Crippen LogP contribution in [0.2, 0.25) is 0 Å². The van der Waals surface area contributed by atoms with Gasteiger partial charge in [-0.1, -0.05) is 24.3 Å². The van der Waals surface area contributed by atoms with Crippen molar-refractivity contribution in [3.05, 3.63) is 35.4 Å². The van der Waals surface area contributed by atoms with Crippen molar-refractivity contribution in [2.75, 3.05) is 0 Å². The van der Waals surface area contributed by atoms with Gasteiger partial charge in [0.25, 0.3) is 5.78 Å². The quantitative estimate of drug-likeness (QED) is 0.649. The Hall–Kier alpha value is -2.37. The highest BCUT2D eigenvalue weighted by Crippen LogP contribution is 2.08. The maximum Gasteiger partial charge on any atom is 0.407 e. The molecule has 0 aliphatic carbocycles. The van der Waals surface area contributed by atoms with Crippen molar-refractivity contribution in [2.24, 2.45) is 0 Å². The first-order valence-electron chi connectivity index (χ1n) is 6.02. The number of alkyl carbamates (subject to hydrolysis) is 1. The van der Waals surface area contributed by atoms with Crippen LogP contribution in [0.5, 0.6) is 0 Å². The smallest absolute Gasteiger partial charge is 0.407 e. The van der Waals surface area contributed by atoms with Crippen LogP contribution in [-0.2, 0) is 16.1 Å². The standard InChI is InChI=1S/C14H17NO5/c1-14(2,3)20-13(19)15-8-9-4-6-10(7-5-9)11(16)12(17)18/h4-7H,8H2,1-3H3,(H,15,19)(H,17,18). The first-order chi connectivity index (χ1) is 9.19. The van der Waals surface area contributed by atoms with Crippen LogP contribution < -0.4 is 5.32 Å². The number of carboxylic acids is 1. The molecule has 0 aliphatic heterocycles. The zero-order valence-corrected chi connectivity index (χ0v) is 11.6. The van der Waals surface area contributed by atoms with E-state index >= 15 is 0 Å². The van der Waals surface area contributed by atoms with E-state index in [1.165, 1.54) is 12.1 Å². The second-order valence-electron chi connectivity index (χ2n) is 5.19. The zero-order chi connectivity index (χ0) is 15.3. The molecule has 0 unspecified atom stereocenters. The van der Waals surface area contributed by atoms with Crippen molar-refractivity contribution in [1.82, 2.24) is 5.32 Å². The molecule has 108 valence electrons. The van der Waals surface area contributed by atoms with Gasteiger partial charge < -0.3 is 15.2 Å². The van der Waals surface area contributed by atoms with Crippen LogP contribution >= 0.6 is 0 Å². The summed E-state index contributed by atoms with van der Waals surface area (Å²) in [6.45, 7) is 5.52. The van der Waals surface area contributed by atoms with Crippen molar-refractivity contribution < 1.29 is 24.2 Å². The summed E-state index contributed by atoms with van der Waals surface area (Å²) in [5.74, 6) is -2.46. The second-order valence-corrected chi connectivity index (χ2v) is 5.19. The number of carbonyl (C=O) groups is 3. The van der Waals surface area contributed by atoms with Gasteiger partial charge >= 0.3 is 12.1 Å². The zero-order valence-electron chi connectivity index (χ0n) is 11.6. The third-order valence-electron chi connectivity index (χ3n) is 2.25. The lowest BCUT2D eigenvalue weighted by molar-refractivity contribution is -0.131. The number of nitrogens with one attached hydrogen (secondary N) is 1. The molecule has 0 radical (unpaired) electrons. The first kappa shape index (κ1) is 15.7. The molecule has 0 fully saturated rings. The largest absolute Gasteiger partial charge is 0.475 e. The van der Waals surface area contributed by atoms with E-state index in [0.29, 0.717) is 0 Å². The van der Waals surface area contributed by atoms with Crippen molar-refractivity contribution in [3.8, 4) is 0 Å². The number of amides is 1. The van der Waals surface area contributed by atoms with Crippen molar-refractivity contribution in [3.63, 3.8) is 0 Å². The van der Waals surface area contributed by atoms with Gasteiger partial charge in [0.1, 0.15) is 5.60 Å². The summed E-state index contributed by atoms with van der Waals surface area (Å²) < 4.78 is 5.07. The number of carboxylic acid groups (broad SMARTS) is 1. The predicted octanol–water partition coefficient (Wildman–Crippen LogP) is 1.98. The average molecular weight is 279 g/mol. The summed E-state index contributed by atoms with van der Waals surface area (Å²) in [6, 6.07) is 5.96. The SMILES string of the molecule is CC(C)(C)OC(=O)NCc1ccc(C(=O)C(=O)O)cc1. The highest BCUT2D eigenvalue weighted by molar-refractivity contribution is 6.39. The number of carbonyl (C=O) groups excluding carboxylic acids is 2. The summed E-state index contributed by atoms with van der Waals surface area (Å²) in [4.78, 5) is 33.1. The molecule has 6 nitrogen and oxygen atoms in total. The fraction of sp³-hybridized carbons (Fsp3) is 0.357. The molecule has 1 amide bonds. The predicted molar refractivity (Wildman–Crippen MR) is 71.5 cm³/mol. The number of Topliss-reactive ketones (excluding diaryl/α,β-unsaturated/α-hetero) is 1. The van der Waals surface area contributed by atoms with Crippen molar-refractivity contribution in [1.29, 1.82) is 0 Å². The van der Waals surface area contributed by atoms with Gasteiger partial charge in [0, 0.05) is 12.1 Å². The summed E-state index contributed by atoms with van der Waals surface area (Å²) >= 11 is 0. The van der Waals surface area contributed by atoms with Gasteiger partial charge in [-0.25, -0.2) is 9.59 Å². The van der Waals surface area contributed by atoms with Gasteiger partial charge in [-0.15, -0.1) is 0 Å². The van der Waals surface area contributed by atoms with Gasteiger partial charge in [-0.2, -0.15) is 0 Å². The van der Waals surface area contributed by atoms with Crippen LogP contribution in [0, 0.1) is 0 Å². The molecule has 1 rings (SSSR count). The Morgan fingerprint density at radius 2 is 1.70 bits per heavy atom. The van der Waals surface area contributed by atoms with Crippen LogP contribution in [0.15, 0.2) is 24.3 Å². The Labute approximate surface area is 116 Å². The maximum atomic E-state index is 11.4. The molecule has 0 heterocycles. The van der Waals surface area contributed by atoms with Crippen molar-refractivity contribution in [2.45, 2.75) is 32.9 Å². The number of hydrogen-bond acceptors (Lipinski definition) is 4. The molecule has 2 N–H and O–H groups in total. The van der Waals surface area contributed by atoms with E-state index in [4.69, 9.17) is 9.84 Å². The molecule has 1 aromatic rings. The molecule has 0 bridgehead atoms. The molecule has 0 saturated heterocycles. The van der Waals surface area contributed by atoms with Crippen LogP contribution in [0.25, 0.3) is 0 Å². The molecule has 0 saturated carbocycles. The van der Waals surface area contributed by atoms with Crippen molar-refractivity contribution >= 4 is 17.8 Å². The van der Waals surface area contributed by atoms with Crippen LogP contribution in [0.3, 0.4) is 0 Å². The minimum absolute atomic E-state index is 0.0959. The highest BCUT2D eigenvalue weighted by Gasteiger charge is 2.16. The number of rotatable bonds is 4. The summed E-state index contributed by atoms with van der Waals surface area (Å²) in [6.07, 6.45) is -0.539. The third kappa shape index (κ3) is 5.09. The van der Waals surface area contributed by atoms with E-state index in [2.05, 4.69) is 5.32 Å². The van der Waals surface area contributed by atoms with Crippen LogP contribution in [0.1, 0.15) is 36.7 Å². The van der Waals surface area contributed by atoms with Gasteiger partial charge in [0.15, 0.2) is 0 Å². The minimum Gasteiger partial charge on any atom is -0.475 e. The summed E-state index contributed by atoms with van der Waals surface area (Å²) in [5, 5.41) is 11.1. The Morgan fingerprint density at radius 1 is 1.15 bits per heavy atom. The number of benzene rings is 1. The lowest BCUT2D eigenvalue weighted by Crippen LogP contribution is -2.32. The van der Waals surface area contributed by atoms with Crippen LogP contribution in [0.4, 0.5) is 4.79 Å². The fourth-order valence-corrected chi connectivity index (χ4v) is 1.39. The number of hydrogen-bond donors (Lipinski definition) is 2. The molecule has 0 aliphatic rings. The Morgan fingerprint density at radius 3 is 2.15 bits per heavy atom. The maximum absolute atomic E-state index is 11.4. The molecule has 0 spiro atoms. The number of ether oxygens (including phenoxy) is 1. The summed E-state index contributed by atoms with van der Waals surface area (Å²) in [5.41, 5.74) is 0.262. The van der Waals surface area contributed by atoms with E-state index in [-0.39, 0.29) is 12.1 Å². The van der Waals surface area contributed by atoms with E-state index in [1.807, 2.05) is 0 Å². The Balaban J connectivity index is 2.56. The van der Waals surface area contributed by atoms with Gasteiger partial charge in [0.05, 0.1) is 0 Å². The topological polar surface area (TPSA) is 92.7 Å². The second kappa shape index (κ2) is 6.18. The molecular weight excluding hydrogens is 262 g/mol. The van der Waals surface area contributed by atoms with Gasteiger partial charge in [-0.05, 0) is 26.3 Å². The number of ketones is 1. The highest BCUT2D eigenvalue weighted by atomic mass is 16.6. The molecule has 0 atom stereocenters. The molecule has 20 heavy (non-hydrogen) atoms. The minimum atomic E-state index is -1.50. The molecular formula is C14H17NO5. The Bertz CT molecular complexity index is 513. The van der Waals surface area contributed by atoms with E-state index in [0.717, 1.165) is 5.56 Å². The monoisotopic (exact) mass is 279 g/mol. The lowest BCUT2D eigenvalue weighted by Gasteiger charge is -2.19. The lowest BCUT2D eigenvalue weighted by atomic mass is 10.1. The third-order valence-corrected chi connectivity index (χ3v) is 2.25. The fourth-order valence-electron chi connectivity index (χ4n) is 1.39. The van der Waals surface area contributed by atoms with Gasteiger partial charge in [-0.3, -0.25) is 4.79 Å². The van der Waals surface area contributed by atoms with Crippen LogP contribution in [-0.4, -0.2) is 28.6 Å². The van der Waals surface area contributed by atoms with E-state index in [9.17, 15) is 14.4 Å². The normalized spacial score (nSPS) is 10.8.